The highest BCUT2D eigenvalue weighted by Gasteiger charge is 2.20. The lowest BCUT2D eigenvalue weighted by Crippen LogP contribution is -2.30. The Labute approximate surface area is 144 Å². The van der Waals surface area contributed by atoms with Crippen LogP contribution < -0.4 is 10.0 Å². The average molecular weight is 354 g/mol. The molecule has 0 spiro atoms. The van der Waals surface area contributed by atoms with E-state index in [0.29, 0.717) is 18.7 Å². The van der Waals surface area contributed by atoms with Gasteiger partial charge in [-0.15, -0.1) is 0 Å². The molecule has 1 fully saturated rings. The van der Waals surface area contributed by atoms with Gasteiger partial charge in [-0.2, -0.15) is 0 Å². The van der Waals surface area contributed by atoms with Gasteiger partial charge in [0.25, 0.3) is 5.91 Å². The van der Waals surface area contributed by atoms with E-state index in [2.05, 4.69) is 10.0 Å². The fraction of sp³-hybridized carbons (Fsp3) is 0.588. The van der Waals surface area contributed by atoms with Crippen LogP contribution in [0.4, 0.5) is 0 Å². The van der Waals surface area contributed by atoms with Gasteiger partial charge < -0.3 is 10.1 Å². The summed E-state index contributed by atoms with van der Waals surface area (Å²) in [6.45, 7) is 5.53. The van der Waals surface area contributed by atoms with Crippen LogP contribution in [0.25, 0.3) is 0 Å². The molecule has 24 heavy (non-hydrogen) atoms. The van der Waals surface area contributed by atoms with Crippen molar-refractivity contribution in [3.63, 3.8) is 0 Å². The van der Waals surface area contributed by atoms with Crippen molar-refractivity contribution in [1.82, 2.24) is 10.0 Å². The number of carbonyl (C=O) groups is 1. The van der Waals surface area contributed by atoms with Gasteiger partial charge >= 0.3 is 0 Å². The van der Waals surface area contributed by atoms with Gasteiger partial charge in [0.15, 0.2) is 0 Å². The second-order valence-electron chi connectivity index (χ2n) is 6.43. The Bertz CT molecular complexity index is 637. The Morgan fingerprint density at radius 2 is 1.92 bits per heavy atom. The first-order valence-electron chi connectivity index (χ1n) is 8.37. The molecule has 2 N–H and O–H groups in total. The fourth-order valence-electron chi connectivity index (χ4n) is 2.18. The van der Waals surface area contributed by atoms with Crippen molar-refractivity contribution in [3.05, 3.63) is 29.8 Å². The number of carbonyl (C=O) groups excluding carboxylic acids is 1. The zero-order chi connectivity index (χ0) is 17.6. The van der Waals surface area contributed by atoms with Crippen LogP contribution >= 0.6 is 0 Å². The maximum absolute atomic E-state index is 12.0. The standard InChI is InChI=1S/C17H26N2O4S/c1-13(2)19-24(21,22)16-8-6-15(7-9-16)17(20)18-10-3-11-23-12-14-4-5-14/h6-9,13-14,19H,3-5,10-12H2,1-2H3,(H,18,20). The van der Waals surface area contributed by atoms with Crippen LogP contribution in [0, 0.1) is 5.92 Å². The highest BCUT2D eigenvalue weighted by atomic mass is 32.2. The molecule has 0 atom stereocenters. The second-order valence-corrected chi connectivity index (χ2v) is 8.14. The van der Waals surface area contributed by atoms with E-state index in [-0.39, 0.29) is 16.8 Å². The van der Waals surface area contributed by atoms with Crippen LogP contribution in [0.2, 0.25) is 0 Å². The molecule has 6 nitrogen and oxygen atoms in total. The summed E-state index contributed by atoms with van der Waals surface area (Å²) in [5, 5.41) is 2.81. The van der Waals surface area contributed by atoms with Crippen LogP contribution in [-0.4, -0.2) is 40.1 Å². The summed E-state index contributed by atoms with van der Waals surface area (Å²) < 4.78 is 32.1. The van der Waals surface area contributed by atoms with E-state index in [9.17, 15) is 13.2 Å². The molecule has 1 aliphatic carbocycles. The molecule has 134 valence electrons. The van der Waals surface area contributed by atoms with Gasteiger partial charge in [0.05, 0.1) is 4.90 Å². The van der Waals surface area contributed by atoms with Crippen molar-refractivity contribution in [2.24, 2.45) is 5.92 Å². The van der Waals surface area contributed by atoms with E-state index in [4.69, 9.17) is 4.74 Å². The van der Waals surface area contributed by atoms with Gasteiger partial charge in [0, 0.05) is 31.4 Å². The van der Waals surface area contributed by atoms with Gasteiger partial charge in [-0.3, -0.25) is 4.79 Å². The lowest BCUT2D eigenvalue weighted by molar-refractivity contribution is 0.0937. The van der Waals surface area contributed by atoms with E-state index in [1.165, 1.54) is 37.1 Å². The number of rotatable bonds is 10. The third-order valence-corrected chi connectivity index (χ3v) is 5.29. The third kappa shape index (κ3) is 6.22. The Morgan fingerprint density at radius 1 is 1.25 bits per heavy atom. The molecular formula is C17H26N2O4S. The van der Waals surface area contributed by atoms with E-state index >= 15 is 0 Å². The summed E-state index contributed by atoms with van der Waals surface area (Å²) in [4.78, 5) is 12.2. The molecule has 1 aromatic rings. The Balaban J connectivity index is 1.75. The smallest absolute Gasteiger partial charge is 0.251 e. The van der Waals surface area contributed by atoms with Crippen LogP contribution in [-0.2, 0) is 14.8 Å². The summed E-state index contributed by atoms with van der Waals surface area (Å²) >= 11 is 0. The summed E-state index contributed by atoms with van der Waals surface area (Å²) in [6.07, 6.45) is 3.31. The fourth-order valence-corrected chi connectivity index (χ4v) is 3.43. The molecule has 1 saturated carbocycles. The first-order chi connectivity index (χ1) is 11.4. The molecule has 0 aromatic heterocycles. The number of nitrogens with one attached hydrogen (secondary N) is 2. The average Bonchev–Trinajstić information content (AvgIpc) is 3.33. The minimum absolute atomic E-state index is 0.154. The Morgan fingerprint density at radius 3 is 2.50 bits per heavy atom. The van der Waals surface area contributed by atoms with Crippen molar-refractivity contribution < 1.29 is 17.9 Å². The van der Waals surface area contributed by atoms with E-state index in [0.717, 1.165) is 18.9 Å². The summed E-state index contributed by atoms with van der Waals surface area (Å²) in [6, 6.07) is 5.75. The maximum Gasteiger partial charge on any atom is 0.251 e. The zero-order valence-electron chi connectivity index (χ0n) is 14.2. The molecule has 0 saturated heterocycles. The lowest BCUT2D eigenvalue weighted by Gasteiger charge is -2.10. The van der Waals surface area contributed by atoms with Gasteiger partial charge in [0.2, 0.25) is 10.0 Å². The molecule has 1 aromatic carbocycles. The van der Waals surface area contributed by atoms with Gasteiger partial charge in [0.1, 0.15) is 0 Å². The van der Waals surface area contributed by atoms with Gasteiger partial charge in [-0.05, 0) is 63.3 Å². The van der Waals surface area contributed by atoms with Crippen LogP contribution in [0.15, 0.2) is 29.2 Å². The largest absolute Gasteiger partial charge is 0.381 e. The molecule has 0 radical (unpaired) electrons. The van der Waals surface area contributed by atoms with Crippen LogP contribution in [0.1, 0.15) is 43.5 Å². The number of hydrogen-bond donors (Lipinski definition) is 2. The second kappa shape index (κ2) is 8.60. The Kier molecular flexibility index (Phi) is 6.77. The number of hydrogen-bond acceptors (Lipinski definition) is 4. The maximum atomic E-state index is 12.0. The summed E-state index contributed by atoms with van der Waals surface area (Å²) in [5.74, 6) is 0.539. The minimum Gasteiger partial charge on any atom is -0.381 e. The van der Waals surface area contributed by atoms with Crippen molar-refractivity contribution in [3.8, 4) is 0 Å². The van der Waals surface area contributed by atoms with Crippen molar-refractivity contribution >= 4 is 15.9 Å². The highest BCUT2D eigenvalue weighted by molar-refractivity contribution is 7.89. The van der Waals surface area contributed by atoms with Crippen molar-refractivity contribution in [2.45, 2.75) is 44.0 Å². The van der Waals surface area contributed by atoms with E-state index in [1.807, 2.05) is 0 Å². The first-order valence-corrected chi connectivity index (χ1v) is 9.85. The molecule has 0 unspecified atom stereocenters. The molecule has 2 rings (SSSR count). The molecular weight excluding hydrogens is 328 g/mol. The molecule has 1 amide bonds. The number of sulfonamides is 1. The molecule has 1 aliphatic rings. The summed E-state index contributed by atoms with van der Waals surface area (Å²) in [5.41, 5.74) is 0.442. The highest BCUT2D eigenvalue weighted by Crippen LogP contribution is 2.28. The zero-order valence-corrected chi connectivity index (χ0v) is 15.1. The van der Waals surface area contributed by atoms with Crippen LogP contribution in [0.5, 0.6) is 0 Å². The number of benzene rings is 1. The van der Waals surface area contributed by atoms with E-state index < -0.39 is 10.0 Å². The summed E-state index contributed by atoms with van der Waals surface area (Å²) in [7, 11) is -3.53. The van der Waals surface area contributed by atoms with Crippen LogP contribution in [0.3, 0.4) is 0 Å². The topological polar surface area (TPSA) is 84.5 Å². The number of ether oxygens (including phenoxy) is 1. The van der Waals surface area contributed by atoms with Gasteiger partial charge in [-0.25, -0.2) is 13.1 Å². The first kappa shape index (κ1) is 18.9. The predicted octanol–water partition coefficient (Wildman–Crippen LogP) is 1.92. The van der Waals surface area contributed by atoms with Crippen molar-refractivity contribution in [2.75, 3.05) is 19.8 Å². The molecule has 0 heterocycles. The number of amides is 1. The predicted molar refractivity (Wildman–Crippen MR) is 92.4 cm³/mol. The molecule has 7 heteroatoms. The molecule has 0 bridgehead atoms. The normalized spacial score (nSPS) is 14.8. The van der Waals surface area contributed by atoms with Gasteiger partial charge in [-0.1, -0.05) is 0 Å². The molecule has 0 aliphatic heterocycles. The minimum atomic E-state index is -3.53. The van der Waals surface area contributed by atoms with E-state index in [1.54, 1.807) is 13.8 Å². The van der Waals surface area contributed by atoms with Crippen molar-refractivity contribution in [1.29, 1.82) is 0 Å². The lowest BCUT2D eigenvalue weighted by atomic mass is 10.2. The Hall–Kier alpha value is -1.44. The third-order valence-electron chi connectivity index (χ3n) is 3.62. The quantitative estimate of drug-likeness (QED) is 0.629. The SMILES string of the molecule is CC(C)NS(=O)(=O)c1ccc(C(=O)NCCCOCC2CC2)cc1. The monoisotopic (exact) mass is 354 g/mol.